The van der Waals surface area contributed by atoms with E-state index in [0.29, 0.717) is 13.1 Å². The Kier molecular flexibility index (Phi) is 6.14. The lowest BCUT2D eigenvalue weighted by Crippen LogP contribution is -2.36. The smallest absolute Gasteiger partial charge is 0.234 e. The van der Waals surface area contributed by atoms with Crippen molar-refractivity contribution in [2.24, 2.45) is 0 Å². The van der Waals surface area contributed by atoms with E-state index < -0.39 is 0 Å². The average Bonchev–Trinajstić information content (AvgIpc) is 2.38. The summed E-state index contributed by atoms with van der Waals surface area (Å²) in [6.45, 7) is 6.69. The van der Waals surface area contributed by atoms with Crippen LogP contribution >= 0.6 is 0 Å². The zero-order chi connectivity index (χ0) is 13.4. The number of carbonyl (C=O) groups excluding carboxylic acids is 1. The second-order valence-electron chi connectivity index (χ2n) is 4.06. The SMILES string of the molecule is CCNC(=O)CN(CC)Cc1ccnc(NC)c1. The Bertz CT molecular complexity index is 381. The summed E-state index contributed by atoms with van der Waals surface area (Å²) in [7, 11) is 1.85. The average molecular weight is 250 g/mol. The maximum absolute atomic E-state index is 11.5. The van der Waals surface area contributed by atoms with Gasteiger partial charge in [0, 0.05) is 26.3 Å². The summed E-state index contributed by atoms with van der Waals surface area (Å²) in [5.74, 6) is 0.920. The van der Waals surface area contributed by atoms with Gasteiger partial charge in [-0.3, -0.25) is 9.69 Å². The summed E-state index contributed by atoms with van der Waals surface area (Å²) in [5, 5.41) is 5.82. The highest BCUT2D eigenvalue weighted by Gasteiger charge is 2.09. The molecule has 1 aromatic heterocycles. The van der Waals surface area contributed by atoms with Gasteiger partial charge in [0.25, 0.3) is 0 Å². The highest BCUT2D eigenvalue weighted by molar-refractivity contribution is 5.77. The number of amides is 1. The topological polar surface area (TPSA) is 57.3 Å². The minimum absolute atomic E-state index is 0.0715. The van der Waals surface area contributed by atoms with Gasteiger partial charge in [0.15, 0.2) is 0 Å². The number of nitrogens with zero attached hydrogens (tertiary/aromatic N) is 2. The van der Waals surface area contributed by atoms with Crippen LogP contribution in [0, 0.1) is 0 Å². The third-order valence-corrected chi connectivity index (χ3v) is 2.68. The van der Waals surface area contributed by atoms with Crippen molar-refractivity contribution in [3.8, 4) is 0 Å². The van der Waals surface area contributed by atoms with Gasteiger partial charge in [-0.2, -0.15) is 0 Å². The molecule has 1 aromatic rings. The van der Waals surface area contributed by atoms with Gasteiger partial charge in [-0.1, -0.05) is 6.92 Å². The first kappa shape index (κ1) is 14.4. The van der Waals surface area contributed by atoms with E-state index in [1.807, 2.05) is 26.1 Å². The minimum atomic E-state index is 0.0715. The van der Waals surface area contributed by atoms with E-state index in [4.69, 9.17) is 0 Å². The van der Waals surface area contributed by atoms with E-state index in [1.165, 1.54) is 0 Å². The molecule has 0 atom stereocenters. The lowest BCUT2D eigenvalue weighted by molar-refractivity contribution is -0.122. The fourth-order valence-electron chi connectivity index (χ4n) is 1.70. The molecule has 5 nitrogen and oxygen atoms in total. The fraction of sp³-hybridized carbons (Fsp3) is 0.538. The number of pyridine rings is 1. The molecule has 0 aliphatic carbocycles. The summed E-state index contributed by atoms with van der Waals surface area (Å²) in [4.78, 5) is 17.8. The van der Waals surface area contributed by atoms with Crippen LogP contribution in [-0.4, -0.2) is 42.5 Å². The van der Waals surface area contributed by atoms with Gasteiger partial charge in [-0.05, 0) is 31.2 Å². The molecular formula is C13H22N4O. The number of likely N-dealkylation sites (N-methyl/N-ethyl adjacent to an activating group) is 2. The van der Waals surface area contributed by atoms with Crippen molar-refractivity contribution < 1.29 is 4.79 Å². The maximum Gasteiger partial charge on any atom is 0.234 e. The fourth-order valence-corrected chi connectivity index (χ4v) is 1.70. The highest BCUT2D eigenvalue weighted by Crippen LogP contribution is 2.08. The first-order valence-corrected chi connectivity index (χ1v) is 6.31. The predicted octanol–water partition coefficient (Wildman–Crippen LogP) is 1.08. The molecule has 5 heteroatoms. The van der Waals surface area contributed by atoms with Crippen LogP contribution < -0.4 is 10.6 Å². The summed E-state index contributed by atoms with van der Waals surface area (Å²) < 4.78 is 0. The number of anilines is 1. The third-order valence-electron chi connectivity index (χ3n) is 2.68. The van der Waals surface area contributed by atoms with Crippen LogP contribution in [0.15, 0.2) is 18.3 Å². The first-order valence-electron chi connectivity index (χ1n) is 6.31. The van der Waals surface area contributed by atoms with Gasteiger partial charge in [0.1, 0.15) is 5.82 Å². The summed E-state index contributed by atoms with van der Waals surface area (Å²) in [6, 6.07) is 3.97. The maximum atomic E-state index is 11.5. The molecular weight excluding hydrogens is 228 g/mol. The van der Waals surface area contributed by atoms with E-state index in [-0.39, 0.29) is 5.91 Å². The van der Waals surface area contributed by atoms with E-state index >= 15 is 0 Å². The third kappa shape index (κ3) is 4.71. The Morgan fingerprint density at radius 3 is 2.83 bits per heavy atom. The molecule has 0 saturated heterocycles. The quantitative estimate of drug-likeness (QED) is 0.760. The summed E-state index contributed by atoms with van der Waals surface area (Å²) >= 11 is 0. The second-order valence-corrected chi connectivity index (χ2v) is 4.06. The Hall–Kier alpha value is -1.62. The normalized spacial score (nSPS) is 10.4. The summed E-state index contributed by atoms with van der Waals surface area (Å²) in [6.07, 6.45) is 1.78. The van der Waals surface area contributed by atoms with Crippen molar-refractivity contribution in [1.29, 1.82) is 0 Å². The van der Waals surface area contributed by atoms with Gasteiger partial charge in [0.2, 0.25) is 5.91 Å². The van der Waals surface area contributed by atoms with Gasteiger partial charge >= 0.3 is 0 Å². The van der Waals surface area contributed by atoms with Crippen LogP contribution in [0.2, 0.25) is 0 Å². The van der Waals surface area contributed by atoms with E-state index in [9.17, 15) is 4.79 Å². The van der Waals surface area contributed by atoms with Crippen molar-refractivity contribution in [3.63, 3.8) is 0 Å². The Balaban J connectivity index is 2.58. The first-order chi connectivity index (χ1) is 8.69. The van der Waals surface area contributed by atoms with E-state index in [0.717, 1.165) is 24.5 Å². The molecule has 0 aliphatic rings. The van der Waals surface area contributed by atoms with E-state index in [2.05, 4.69) is 27.4 Å². The largest absolute Gasteiger partial charge is 0.373 e. The van der Waals surface area contributed by atoms with Crippen LogP contribution in [0.1, 0.15) is 19.4 Å². The Labute approximate surface area is 109 Å². The van der Waals surface area contributed by atoms with Crippen LogP contribution in [0.4, 0.5) is 5.82 Å². The van der Waals surface area contributed by atoms with Gasteiger partial charge < -0.3 is 10.6 Å². The molecule has 1 amide bonds. The number of aromatic nitrogens is 1. The lowest BCUT2D eigenvalue weighted by atomic mass is 10.2. The molecule has 0 spiro atoms. The van der Waals surface area contributed by atoms with Gasteiger partial charge in [0.05, 0.1) is 6.54 Å². The van der Waals surface area contributed by atoms with Gasteiger partial charge in [-0.15, -0.1) is 0 Å². The van der Waals surface area contributed by atoms with Crippen LogP contribution in [0.25, 0.3) is 0 Å². The number of hydrogen-bond acceptors (Lipinski definition) is 4. The number of rotatable bonds is 7. The highest BCUT2D eigenvalue weighted by atomic mass is 16.2. The molecule has 0 saturated carbocycles. The molecule has 100 valence electrons. The molecule has 0 bridgehead atoms. The molecule has 18 heavy (non-hydrogen) atoms. The van der Waals surface area contributed by atoms with Crippen molar-refractivity contribution >= 4 is 11.7 Å². The molecule has 1 rings (SSSR count). The molecule has 0 unspecified atom stereocenters. The van der Waals surface area contributed by atoms with Crippen molar-refractivity contribution in [1.82, 2.24) is 15.2 Å². The van der Waals surface area contributed by atoms with Crippen LogP contribution in [0.3, 0.4) is 0 Å². The van der Waals surface area contributed by atoms with E-state index in [1.54, 1.807) is 6.20 Å². The lowest BCUT2D eigenvalue weighted by Gasteiger charge is -2.19. The van der Waals surface area contributed by atoms with Crippen molar-refractivity contribution in [2.45, 2.75) is 20.4 Å². The molecule has 0 aromatic carbocycles. The molecule has 0 fully saturated rings. The zero-order valence-electron chi connectivity index (χ0n) is 11.4. The molecule has 2 N–H and O–H groups in total. The monoisotopic (exact) mass is 250 g/mol. The van der Waals surface area contributed by atoms with Crippen LogP contribution in [0.5, 0.6) is 0 Å². The van der Waals surface area contributed by atoms with Crippen molar-refractivity contribution in [3.05, 3.63) is 23.9 Å². The predicted molar refractivity (Wildman–Crippen MR) is 73.4 cm³/mol. The standard InChI is InChI=1S/C13H22N4O/c1-4-15-13(18)10-17(5-2)9-11-6-7-16-12(8-11)14-3/h6-8H,4-5,9-10H2,1-3H3,(H,14,16)(H,15,18). The summed E-state index contributed by atoms with van der Waals surface area (Å²) in [5.41, 5.74) is 1.15. The van der Waals surface area contributed by atoms with Crippen molar-refractivity contribution in [2.75, 3.05) is 32.0 Å². The minimum Gasteiger partial charge on any atom is -0.373 e. The Morgan fingerprint density at radius 2 is 2.22 bits per heavy atom. The van der Waals surface area contributed by atoms with Gasteiger partial charge in [-0.25, -0.2) is 4.98 Å². The molecule has 0 aliphatic heterocycles. The Morgan fingerprint density at radius 1 is 1.44 bits per heavy atom. The molecule has 1 heterocycles. The molecule has 0 radical (unpaired) electrons. The number of hydrogen-bond donors (Lipinski definition) is 2. The van der Waals surface area contributed by atoms with Crippen LogP contribution in [-0.2, 0) is 11.3 Å². The zero-order valence-corrected chi connectivity index (χ0v) is 11.4. The second kappa shape index (κ2) is 7.66. The number of nitrogens with one attached hydrogen (secondary N) is 2. The number of carbonyl (C=O) groups is 1.